The van der Waals surface area contributed by atoms with Crippen LogP contribution in [0.25, 0.3) is 0 Å². The van der Waals surface area contributed by atoms with Crippen LogP contribution in [0.2, 0.25) is 10.0 Å². The standard InChI is InChI=1S/C29H25Cl2N3O7/c1-12-10-15-19(24(35)29(12)25(36)20-16(39-4)11-17(40-5)22(31)23(20)41-29)18(13-6-8-14(30)9-7-13)21-26(32-15)33(2)28(38)34(3)27(21)37/h6-9,11-12,18,32H,10H2,1-5H3/t12-,18-,29+/m1/s1. The normalized spacial score (nSPS) is 22.6. The number of aromatic nitrogens is 2. The van der Waals surface area contributed by atoms with Crippen molar-refractivity contribution in [3.63, 3.8) is 0 Å². The SMILES string of the molecule is COc1cc(OC)c2c(c1Cl)O[C@@]1(C(=O)C3=C(C[C@H]1C)Nc1c(c(=O)n(C)c(=O)n1C)[C@@H]3c1ccc(Cl)cc1)C2=O. The van der Waals surface area contributed by atoms with Crippen LogP contribution >= 0.6 is 23.2 Å². The second-order valence-corrected chi connectivity index (χ2v) is 11.2. The molecular formula is C29H25Cl2N3O7. The van der Waals surface area contributed by atoms with Gasteiger partial charge in [-0.25, -0.2) is 4.79 Å². The number of hydrogen-bond donors (Lipinski definition) is 1. The van der Waals surface area contributed by atoms with Crippen molar-refractivity contribution in [2.75, 3.05) is 19.5 Å². The van der Waals surface area contributed by atoms with Gasteiger partial charge in [0.2, 0.25) is 17.2 Å². The number of halogens is 2. The lowest BCUT2D eigenvalue weighted by Gasteiger charge is -2.42. The molecule has 3 atom stereocenters. The summed E-state index contributed by atoms with van der Waals surface area (Å²) < 4.78 is 19.5. The number of carbonyl (C=O) groups is 2. The molecule has 3 aliphatic rings. The minimum Gasteiger partial charge on any atom is -0.496 e. The summed E-state index contributed by atoms with van der Waals surface area (Å²) in [5.74, 6) is -2.12. The first-order valence-corrected chi connectivity index (χ1v) is 13.5. The van der Waals surface area contributed by atoms with E-state index in [0.29, 0.717) is 16.3 Å². The zero-order valence-corrected chi connectivity index (χ0v) is 24.3. The Kier molecular flexibility index (Phi) is 6.13. The van der Waals surface area contributed by atoms with Crippen LogP contribution in [0.5, 0.6) is 17.2 Å². The average molecular weight is 598 g/mol. The number of ketones is 2. The minimum absolute atomic E-state index is 0.00244. The van der Waals surface area contributed by atoms with E-state index in [1.54, 1.807) is 38.2 Å². The molecule has 212 valence electrons. The van der Waals surface area contributed by atoms with Crippen molar-refractivity contribution in [3.05, 3.63) is 89.2 Å². The van der Waals surface area contributed by atoms with Gasteiger partial charge in [0.15, 0.2) is 5.75 Å². The van der Waals surface area contributed by atoms with Crippen molar-refractivity contribution < 1.29 is 23.8 Å². The third kappa shape index (κ3) is 3.50. The van der Waals surface area contributed by atoms with Crippen LogP contribution in [0.1, 0.15) is 40.7 Å². The van der Waals surface area contributed by atoms with Gasteiger partial charge in [-0.15, -0.1) is 0 Å². The van der Waals surface area contributed by atoms with E-state index < -0.39 is 40.3 Å². The van der Waals surface area contributed by atoms with Crippen LogP contribution < -0.4 is 30.8 Å². The molecule has 0 fully saturated rings. The number of benzene rings is 2. The molecule has 0 bridgehead atoms. The minimum atomic E-state index is -1.97. The number of methoxy groups -OCH3 is 2. The van der Waals surface area contributed by atoms with Crippen molar-refractivity contribution in [2.24, 2.45) is 20.0 Å². The van der Waals surface area contributed by atoms with Crippen molar-refractivity contribution in [1.29, 1.82) is 0 Å². The Hall–Kier alpha value is -4.02. The lowest BCUT2D eigenvalue weighted by Crippen LogP contribution is -2.58. The van der Waals surface area contributed by atoms with Gasteiger partial charge in [0.05, 0.1) is 19.8 Å². The van der Waals surface area contributed by atoms with Gasteiger partial charge in [-0.2, -0.15) is 0 Å². The molecule has 1 N–H and O–H groups in total. The van der Waals surface area contributed by atoms with E-state index in [0.717, 1.165) is 4.57 Å². The smallest absolute Gasteiger partial charge is 0.332 e. The highest BCUT2D eigenvalue weighted by Crippen LogP contribution is 2.56. The maximum absolute atomic E-state index is 14.8. The number of nitrogens with one attached hydrogen (secondary N) is 1. The Morgan fingerprint density at radius 1 is 0.976 bits per heavy atom. The van der Waals surface area contributed by atoms with Crippen LogP contribution in [-0.4, -0.2) is 40.5 Å². The fraction of sp³-hybridized carbons (Fsp3) is 0.310. The number of rotatable bonds is 3. The Bertz CT molecular complexity index is 1840. The van der Waals surface area contributed by atoms with E-state index in [2.05, 4.69) is 5.32 Å². The second kappa shape index (κ2) is 9.25. The fourth-order valence-electron chi connectivity index (χ4n) is 6.18. The molecule has 41 heavy (non-hydrogen) atoms. The van der Waals surface area contributed by atoms with Crippen LogP contribution in [-0.2, 0) is 18.9 Å². The molecule has 0 unspecified atom stereocenters. The lowest BCUT2D eigenvalue weighted by molar-refractivity contribution is -0.130. The highest BCUT2D eigenvalue weighted by molar-refractivity contribution is 6.36. The number of ether oxygens (including phenoxy) is 3. The summed E-state index contributed by atoms with van der Waals surface area (Å²) >= 11 is 12.8. The number of carbonyl (C=O) groups excluding carboxylic acids is 2. The van der Waals surface area contributed by atoms with Gasteiger partial charge >= 0.3 is 5.69 Å². The quantitative estimate of drug-likeness (QED) is 0.452. The van der Waals surface area contributed by atoms with E-state index in [-0.39, 0.29) is 51.2 Å². The first-order valence-electron chi connectivity index (χ1n) is 12.8. The molecule has 1 spiro atoms. The largest absolute Gasteiger partial charge is 0.496 e. The summed E-state index contributed by atoms with van der Waals surface area (Å²) in [6.45, 7) is 1.74. The Morgan fingerprint density at radius 2 is 1.63 bits per heavy atom. The van der Waals surface area contributed by atoms with E-state index in [1.807, 2.05) is 0 Å². The molecule has 1 aliphatic carbocycles. The summed E-state index contributed by atoms with van der Waals surface area (Å²) in [5, 5.41) is 3.69. The average Bonchev–Trinajstić information content (AvgIpc) is 3.28. The second-order valence-electron chi connectivity index (χ2n) is 10.4. The first kappa shape index (κ1) is 27.2. The Morgan fingerprint density at radius 3 is 2.27 bits per heavy atom. The fourth-order valence-corrected chi connectivity index (χ4v) is 6.57. The summed E-state index contributed by atoms with van der Waals surface area (Å²) in [4.78, 5) is 55.5. The van der Waals surface area contributed by atoms with E-state index in [1.165, 1.54) is 31.9 Å². The van der Waals surface area contributed by atoms with Gasteiger partial charge in [-0.05, 0) is 24.1 Å². The van der Waals surface area contributed by atoms with Gasteiger partial charge in [0.25, 0.3) is 5.56 Å². The number of nitrogens with zero attached hydrogens (tertiary/aromatic N) is 2. The van der Waals surface area contributed by atoms with Gasteiger partial charge in [0.1, 0.15) is 27.9 Å². The lowest BCUT2D eigenvalue weighted by atomic mass is 9.66. The van der Waals surface area contributed by atoms with Gasteiger partial charge in [0, 0.05) is 48.3 Å². The summed E-state index contributed by atoms with van der Waals surface area (Å²) in [7, 11) is 5.74. The molecule has 10 nitrogen and oxygen atoms in total. The van der Waals surface area contributed by atoms with Crippen LogP contribution in [0.3, 0.4) is 0 Å². The van der Waals surface area contributed by atoms with Crippen molar-refractivity contribution in [3.8, 4) is 17.2 Å². The zero-order valence-electron chi connectivity index (χ0n) is 22.8. The number of hydrogen-bond acceptors (Lipinski definition) is 8. The molecule has 0 saturated heterocycles. The molecule has 0 amide bonds. The molecule has 1 aromatic heterocycles. The summed E-state index contributed by atoms with van der Waals surface area (Å²) in [5.41, 5.74) is -1.56. The van der Waals surface area contributed by atoms with Crippen molar-refractivity contribution in [2.45, 2.75) is 24.9 Å². The first-order chi connectivity index (χ1) is 19.5. The van der Waals surface area contributed by atoms with E-state index >= 15 is 0 Å². The van der Waals surface area contributed by atoms with Gasteiger partial charge in [-0.1, -0.05) is 42.3 Å². The van der Waals surface area contributed by atoms with Crippen LogP contribution in [0.15, 0.2) is 51.2 Å². The van der Waals surface area contributed by atoms with Crippen molar-refractivity contribution in [1.82, 2.24) is 9.13 Å². The van der Waals surface area contributed by atoms with Crippen LogP contribution in [0.4, 0.5) is 5.82 Å². The number of fused-ring (bicyclic) bond motifs is 2. The highest BCUT2D eigenvalue weighted by Gasteiger charge is 2.63. The maximum Gasteiger partial charge on any atom is 0.332 e. The molecule has 0 radical (unpaired) electrons. The maximum atomic E-state index is 14.8. The Balaban J connectivity index is 1.61. The molecule has 2 aromatic carbocycles. The predicted octanol–water partition coefficient (Wildman–Crippen LogP) is 3.84. The molecule has 3 heterocycles. The highest BCUT2D eigenvalue weighted by atomic mass is 35.5. The molecule has 2 aliphatic heterocycles. The topological polar surface area (TPSA) is 118 Å². The van der Waals surface area contributed by atoms with Gasteiger partial charge < -0.3 is 19.5 Å². The van der Waals surface area contributed by atoms with Crippen LogP contribution in [0, 0.1) is 5.92 Å². The van der Waals surface area contributed by atoms with Gasteiger partial charge in [-0.3, -0.25) is 23.5 Å². The summed E-state index contributed by atoms with van der Waals surface area (Å²) in [6, 6.07) is 8.21. The Labute approximate surface area is 244 Å². The zero-order chi connectivity index (χ0) is 29.5. The summed E-state index contributed by atoms with van der Waals surface area (Å²) in [6.07, 6.45) is 0.199. The molecule has 3 aromatic rings. The molecular weight excluding hydrogens is 573 g/mol. The third-order valence-corrected chi connectivity index (χ3v) is 8.89. The number of allylic oxidation sites excluding steroid dienone is 1. The van der Waals surface area contributed by atoms with E-state index in [4.69, 9.17) is 37.4 Å². The third-order valence-electron chi connectivity index (χ3n) is 8.28. The monoisotopic (exact) mass is 597 g/mol. The van der Waals surface area contributed by atoms with E-state index in [9.17, 15) is 19.2 Å². The number of anilines is 1. The van der Waals surface area contributed by atoms with Crippen molar-refractivity contribution >= 4 is 40.6 Å². The molecule has 12 heteroatoms. The number of Topliss-reactive ketones (excluding diaryl/α,β-unsaturated/α-hetero) is 2. The molecule has 6 rings (SSSR count). The molecule has 0 saturated carbocycles. The predicted molar refractivity (Wildman–Crippen MR) is 152 cm³/mol.